The lowest BCUT2D eigenvalue weighted by atomic mass is 10.00. The summed E-state index contributed by atoms with van der Waals surface area (Å²) >= 11 is 0. The number of likely N-dealkylation sites (tertiary alicyclic amines) is 1. The summed E-state index contributed by atoms with van der Waals surface area (Å²) < 4.78 is 32.4. The fourth-order valence-electron chi connectivity index (χ4n) is 4.38. The van der Waals surface area contributed by atoms with Crippen LogP contribution in [0.2, 0.25) is 0 Å². The zero-order valence-electron chi connectivity index (χ0n) is 18.8. The van der Waals surface area contributed by atoms with Gasteiger partial charge in [-0.15, -0.1) is 0 Å². The Labute approximate surface area is 187 Å². The predicted octanol–water partition coefficient (Wildman–Crippen LogP) is 2.94. The first-order valence-corrected chi connectivity index (χ1v) is 11.0. The Morgan fingerprint density at radius 1 is 1.22 bits per heavy atom. The number of amides is 1. The number of nitrogens with zero attached hydrogens (tertiary/aromatic N) is 5. The number of piperidine rings is 1. The lowest BCUT2D eigenvalue weighted by Crippen LogP contribution is -2.42. The normalized spacial score (nSPS) is 18.9. The lowest BCUT2D eigenvalue weighted by Gasteiger charge is -2.36. The van der Waals surface area contributed by atoms with Crippen LogP contribution in [0.4, 0.5) is 14.6 Å². The summed E-state index contributed by atoms with van der Waals surface area (Å²) in [6.07, 6.45) is 3.46. The number of rotatable bonds is 5. The minimum atomic E-state index is -0.827. The molecule has 1 atom stereocenters. The molecular formula is C23H29F2N5O2. The molecule has 4 rings (SSSR count). The first-order valence-electron chi connectivity index (χ1n) is 11.0. The van der Waals surface area contributed by atoms with E-state index in [0.29, 0.717) is 12.4 Å². The van der Waals surface area contributed by atoms with Gasteiger partial charge in [-0.25, -0.2) is 18.7 Å². The van der Waals surface area contributed by atoms with Crippen LogP contribution in [0.1, 0.15) is 42.4 Å². The molecule has 1 amide bonds. The Bertz CT molecular complexity index is 1000. The first-order chi connectivity index (χ1) is 15.3. The summed E-state index contributed by atoms with van der Waals surface area (Å²) in [6, 6.07) is 2.79. The molecule has 3 heterocycles. The molecule has 1 aromatic carbocycles. The van der Waals surface area contributed by atoms with Gasteiger partial charge in [0.1, 0.15) is 11.6 Å². The molecule has 0 spiro atoms. The number of halogens is 2. The summed E-state index contributed by atoms with van der Waals surface area (Å²) in [6.45, 7) is 1.97. The molecule has 2 aliphatic rings. The van der Waals surface area contributed by atoms with Crippen LogP contribution in [-0.2, 0) is 17.8 Å². The van der Waals surface area contributed by atoms with Crippen LogP contribution in [0.25, 0.3) is 0 Å². The number of aromatic nitrogens is 2. The third-order valence-corrected chi connectivity index (χ3v) is 6.04. The molecule has 1 saturated heterocycles. The highest BCUT2D eigenvalue weighted by molar-refractivity contribution is 5.78. The van der Waals surface area contributed by atoms with E-state index >= 15 is 0 Å². The number of carbonyl (C=O) groups excluding carboxylic acids is 1. The minimum absolute atomic E-state index is 0.141. The van der Waals surface area contributed by atoms with Crippen LogP contribution in [0.5, 0.6) is 5.75 Å². The average Bonchev–Trinajstić information content (AvgIpc) is 2.77. The summed E-state index contributed by atoms with van der Waals surface area (Å²) in [5.74, 6) is -0.378. The van der Waals surface area contributed by atoms with E-state index in [1.165, 1.54) is 6.07 Å². The number of fused-ring (bicyclic) bond motifs is 1. The largest absolute Gasteiger partial charge is 0.481 e. The SMILES string of the molecule is CN1CCc2nc(C3CCCCN3C(=O)COc3ccc(F)cc3F)nc(N(C)C)c2C1. The number of hydrogen-bond donors (Lipinski definition) is 0. The van der Waals surface area contributed by atoms with Crippen LogP contribution in [0.3, 0.4) is 0 Å². The zero-order chi connectivity index (χ0) is 22.8. The van der Waals surface area contributed by atoms with E-state index in [4.69, 9.17) is 14.7 Å². The van der Waals surface area contributed by atoms with Gasteiger partial charge in [0.25, 0.3) is 5.91 Å². The van der Waals surface area contributed by atoms with E-state index in [2.05, 4.69) is 11.9 Å². The topological polar surface area (TPSA) is 61.8 Å². The number of benzene rings is 1. The van der Waals surface area contributed by atoms with Gasteiger partial charge in [-0.2, -0.15) is 0 Å². The quantitative estimate of drug-likeness (QED) is 0.705. The van der Waals surface area contributed by atoms with Gasteiger partial charge in [0, 0.05) is 51.8 Å². The molecule has 172 valence electrons. The molecule has 1 aromatic heterocycles. The third kappa shape index (κ3) is 4.67. The first kappa shape index (κ1) is 22.4. The Balaban J connectivity index is 1.56. The Morgan fingerprint density at radius 3 is 2.78 bits per heavy atom. The average molecular weight is 446 g/mol. The predicted molar refractivity (Wildman–Crippen MR) is 117 cm³/mol. The van der Waals surface area contributed by atoms with Crippen LogP contribution in [0, 0.1) is 11.6 Å². The number of ether oxygens (including phenoxy) is 1. The highest BCUT2D eigenvalue weighted by Gasteiger charge is 2.32. The van der Waals surface area contributed by atoms with E-state index in [0.717, 1.165) is 68.0 Å². The molecule has 0 saturated carbocycles. The second-order valence-corrected chi connectivity index (χ2v) is 8.68. The fraction of sp³-hybridized carbons (Fsp3) is 0.522. The van der Waals surface area contributed by atoms with E-state index in [-0.39, 0.29) is 24.3 Å². The van der Waals surface area contributed by atoms with Crippen molar-refractivity contribution in [3.05, 3.63) is 46.9 Å². The third-order valence-electron chi connectivity index (χ3n) is 6.04. The van der Waals surface area contributed by atoms with E-state index in [9.17, 15) is 13.6 Å². The second kappa shape index (κ2) is 9.36. The molecular weight excluding hydrogens is 416 g/mol. The molecule has 1 unspecified atom stereocenters. The zero-order valence-corrected chi connectivity index (χ0v) is 18.8. The summed E-state index contributed by atoms with van der Waals surface area (Å²) in [5.41, 5.74) is 2.18. The number of carbonyl (C=O) groups is 1. The molecule has 0 N–H and O–H groups in total. The van der Waals surface area contributed by atoms with Crippen molar-refractivity contribution < 1.29 is 18.3 Å². The van der Waals surface area contributed by atoms with Crippen molar-refractivity contribution in [1.29, 1.82) is 0 Å². The number of anilines is 1. The smallest absolute Gasteiger partial charge is 0.261 e. The maximum absolute atomic E-state index is 13.9. The van der Waals surface area contributed by atoms with Gasteiger partial charge in [0.15, 0.2) is 24.0 Å². The molecule has 0 aliphatic carbocycles. The van der Waals surface area contributed by atoms with Crippen LogP contribution in [0.15, 0.2) is 18.2 Å². The van der Waals surface area contributed by atoms with Crippen molar-refractivity contribution in [2.24, 2.45) is 0 Å². The fourth-order valence-corrected chi connectivity index (χ4v) is 4.38. The summed E-state index contributed by atoms with van der Waals surface area (Å²) in [5, 5.41) is 0. The van der Waals surface area contributed by atoms with E-state index in [1.807, 2.05) is 19.0 Å². The van der Waals surface area contributed by atoms with Crippen molar-refractivity contribution >= 4 is 11.7 Å². The van der Waals surface area contributed by atoms with Gasteiger partial charge in [-0.3, -0.25) is 4.79 Å². The van der Waals surface area contributed by atoms with Crippen molar-refractivity contribution in [3.63, 3.8) is 0 Å². The monoisotopic (exact) mass is 445 g/mol. The molecule has 2 aliphatic heterocycles. The summed E-state index contributed by atoms with van der Waals surface area (Å²) in [7, 11) is 6.02. The molecule has 7 nitrogen and oxygen atoms in total. The second-order valence-electron chi connectivity index (χ2n) is 8.68. The van der Waals surface area contributed by atoms with Crippen LogP contribution < -0.4 is 9.64 Å². The molecule has 32 heavy (non-hydrogen) atoms. The van der Waals surface area contributed by atoms with Gasteiger partial charge >= 0.3 is 0 Å². The molecule has 0 bridgehead atoms. The number of likely N-dealkylation sites (N-methyl/N-ethyl adjacent to an activating group) is 1. The van der Waals surface area contributed by atoms with Gasteiger partial charge in [-0.05, 0) is 38.4 Å². The van der Waals surface area contributed by atoms with Crippen molar-refractivity contribution in [2.75, 3.05) is 45.7 Å². The van der Waals surface area contributed by atoms with Gasteiger partial charge in [0.2, 0.25) is 0 Å². The Morgan fingerprint density at radius 2 is 2.03 bits per heavy atom. The molecule has 9 heteroatoms. The lowest BCUT2D eigenvalue weighted by molar-refractivity contribution is -0.137. The Hall–Kier alpha value is -2.81. The molecule has 0 radical (unpaired) electrons. The highest BCUT2D eigenvalue weighted by Crippen LogP contribution is 2.33. The van der Waals surface area contributed by atoms with Gasteiger partial charge in [0.05, 0.1) is 11.7 Å². The standard InChI is InChI=1S/C23H29F2N5O2/c1-28(2)23-16-13-29(3)11-9-18(16)26-22(27-23)19-6-4-5-10-30(19)21(31)14-32-20-8-7-15(24)12-17(20)25/h7-8,12,19H,4-6,9-11,13-14H2,1-3H3. The minimum Gasteiger partial charge on any atom is -0.481 e. The van der Waals surface area contributed by atoms with Crippen LogP contribution >= 0.6 is 0 Å². The maximum atomic E-state index is 13.9. The Kier molecular flexibility index (Phi) is 6.55. The van der Waals surface area contributed by atoms with Crippen molar-refractivity contribution in [3.8, 4) is 5.75 Å². The van der Waals surface area contributed by atoms with Crippen molar-refractivity contribution in [1.82, 2.24) is 19.8 Å². The van der Waals surface area contributed by atoms with Gasteiger partial charge < -0.3 is 19.4 Å². The number of hydrogen-bond acceptors (Lipinski definition) is 6. The van der Waals surface area contributed by atoms with Crippen LogP contribution in [-0.4, -0.2) is 66.5 Å². The molecule has 2 aromatic rings. The highest BCUT2D eigenvalue weighted by atomic mass is 19.1. The van der Waals surface area contributed by atoms with Crippen molar-refractivity contribution in [2.45, 2.75) is 38.3 Å². The summed E-state index contributed by atoms with van der Waals surface area (Å²) in [4.78, 5) is 28.8. The maximum Gasteiger partial charge on any atom is 0.261 e. The van der Waals surface area contributed by atoms with E-state index < -0.39 is 11.6 Å². The van der Waals surface area contributed by atoms with Gasteiger partial charge in [-0.1, -0.05) is 0 Å². The molecule has 1 fully saturated rings. The van der Waals surface area contributed by atoms with E-state index in [1.54, 1.807) is 4.90 Å².